The van der Waals surface area contributed by atoms with E-state index in [-0.39, 0.29) is 35.3 Å². The van der Waals surface area contributed by atoms with Crippen molar-refractivity contribution in [3.8, 4) is 0 Å². The molecule has 0 bridgehead atoms. The van der Waals surface area contributed by atoms with Crippen molar-refractivity contribution < 1.29 is 33.8 Å². The summed E-state index contributed by atoms with van der Waals surface area (Å²) in [4.78, 5) is 34.3. The molecule has 156 valence electrons. The number of para-hydroxylation sites is 1. The second-order valence-corrected chi connectivity index (χ2v) is 6.78. The van der Waals surface area contributed by atoms with E-state index in [0.29, 0.717) is 11.4 Å². The Morgan fingerprint density at radius 3 is 2.31 bits per heavy atom. The predicted octanol–water partition coefficient (Wildman–Crippen LogP) is 4.25. The first-order valence-electron chi connectivity index (χ1n) is 8.79. The Labute approximate surface area is 166 Å². The standard InChI is InChI=1S/C19H22N2O8/c1-10(2)9-27-19(24)29-17-12(4)20-11(3)16(28-18(22)23)15(17)13-7-5-6-8-14(13)21(25)26/h5-8,10,15,20H,9H2,1-4H3,(H,22,23). The second-order valence-electron chi connectivity index (χ2n) is 6.78. The Morgan fingerprint density at radius 1 is 1.17 bits per heavy atom. The van der Waals surface area contributed by atoms with Gasteiger partial charge in [-0.05, 0) is 19.8 Å². The molecule has 29 heavy (non-hydrogen) atoms. The molecule has 1 unspecified atom stereocenters. The maximum Gasteiger partial charge on any atom is 0.513 e. The molecule has 0 amide bonds. The number of dihydropyridines is 1. The summed E-state index contributed by atoms with van der Waals surface area (Å²) in [6.45, 7) is 6.95. The third-order valence-corrected chi connectivity index (χ3v) is 4.01. The predicted molar refractivity (Wildman–Crippen MR) is 101 cm³/mol. The van der Waals surface area contributed by atoms with Crippen LogP contribution >= 0.6 is 0 Å². The number of nitrogens with one attached hydrogen (secondary N) is 1. The van der Waals surface area contributed by atoms with Gasteiger partial charge in [0.25, 0.3) is 5.69 Å². The average molecular weight is 406 g/mol. The molecule has 1 aliphatic heterocycles. The SMILES string of the molecule is CC1=C(OC(=O)O)C(c2ccccc2[N+](=O)[O-])C(OC(=O)OCC(C)C)=C(C)N1. The van der Waals surface area contributed by atoms with Crippen molar-refractivity contribution in [1.29, 1.82) is 0 Å². The number of hydrogen-bond donors (Lipinski definition) is 2. The van der Waals surface area contributed by atoms with E-state index in [9.17, 15) is 19.7 Å². The van der Waals surface area contributed by atoms with Gasteiger partial charge >= 0.3 is 12.3 Å². The Kier molecular flexibility index (Phi) is 6.81. The van der Waals surface area contributed by atoms with Crippen LogP contribution in [0.3, 0.4) is 0 Å². The van der Waals surface area contributed by atoms with Gasteiger partial charge in [0.05, 0.1) is 22.9 Å². The summed E-state index contributed by atoms with van der Waals surface area (Å²) in [6, 6.07) is 5.75. The number of nitro groups is 1. The molecule has 2 N–H and O–H groups in total. The van der Waals surface area contributed by atoms with Crippen LogP contribution in [0.5, 0.6) is 0 Å². The van der Waals surface area contributed by atoms with Gasteiger partial charge in [-0.25, -0.2) is 9.59 Å². The molecule has 10 nitrogen and oxygen atoms in total. The quantitative estimate of drug-likeness (QED) is 0.403. The van der Waals surface area contributed by atoms with Crippen molar-refractivity contribution in [2.24, 2.45) is 5.92 Å². The molecule has 0 saturated carbocycles. The highest BCUT2D eigenvalue weighted by Gasteiger charge is 2.38. The molecule has 1 aromatic rings. The molecule has 0 aliphatic carbocycles. The van der Waals surface area contributed by atoms with Crippen LogP contribution in [-0.2, 0) is 14.2 Å². The fourth-order valence-electron chi connectivity index (χ4n) is 2.86. The van der Waals surface area contributed by atoms with E-state index in [4.69, 9.17) is 19.3 Å². The lowest BCUT2D eigenvalue weighted by Crippen LogP contribution is -2.29. The van der Waals surface area contributed by atoms with Crippen LogP contribution in [0.4, 0.5) is 15.3 Å². The van der Waals surface area contributed by atoms with E-state index in [1.54, 1.807) is 19.9 Å². The van der Waals surface area contributed by atoms with Crippen molar-refractivity contribution in [3.63, 3.8) is 0 Å². The minimum absolute atomic E-state index is 0.0464. The monoisotopic (exact) mass is 406 g/mol. The molecule has 2 rings (SSSR count). The molecular formula is C19H22N2O8. The first kappa shape index (κ1) is 21.7. The van der Waals surface area contributed by atoms with Gasteiger partial charge < -0.3 is 24.6 Å². The molecule has 10 heteroatoms. The molecule has 1 aromatic carbocycles. The van der Waals surface area contributed by atoms with Crippen LogP contribution in [0.25, 0.3) is 0 Å². The smallest absolute Gasteiger partial charge is 0.449 e. The second kappa shape index (κ2) is 9.09. The van der Waals surface area contributed by atoms with Crippen molar-refractivity contribution in [2.45, 2.75) is 33.6 Å². The van der Waals surface area contributed by atoms with Crippen molar-refractivity contribution in [1.82, 2.24) is 5.32 Å². The number of rotatable bonds is 6. The maximum absolute atomic E-state index is 12.2. The number of benzene rings is 1. The van der Waals surface area contributed by atoms with Gasteiger partial charge in [0.15, 0.2) is 0 Å². The number of nitrogens with zero attached hydrogens (tertiary/aromatic N) is 1. The third-order valence-electron chi connectivity index (χ3n) is 4.01. The lowest BCUT2D eigenvalue weighted by atomic mass is 9.89. The molecule has 1 aliphatic rings. The van der Waals surface area contributed by atoms with Crippen molar-refractivity contribution >= 4 is 18.0 Å². The fraction of sp³-hybridized carbons (Fsp3) is 0.368. The van der Waals surface area contributed by atoms with Gasteiger partial charge in [0.2, 0.25) is 0 Å². The molecule has 1 atom stereocenters. The average Bonchev–Trinajstić information content (AvgIpc) is 2.63. The molecule has 0 fully saturated rings. The van der Waals surface area contributed by atoms with Crippen molar-refractivity contribution in [2.75, 3.05) is 6.61 Å². The Morgan fingerprint density at radius 2 is 1.76 bits per heavy atom. The third kappa shape index (κ3) is 5.24. The highest BCUT2D eigenvalue weighted by molar-refractivity contribution is 5.65. The largest absolute Gasteiger partial charge is 0.513 e. The number of ether oxygens (including phenoxy) is 3. The first-order valence-corrected chi connectivity index (χ1v) is 8.79. The summed E-state index contributed by atoms with van der Waals surface area (Å²) in [5, 5.41) is 23.5. The zero-order chi connectivity index (χ0) is 21.7. The van der Waals surface area contributed by atoms with Crippen LogP contribution in [0, 0.1) is 16.0 Å². The normalized spacial score (nSPS) is 16.4. The van der Waals surface area contributed by atoms with Gasteiger partial charge in [-0.3, -0.25) is 10.1 Å². The Balaban J connectivity index is 2.55. The maximum atomic E-state index is 12.2. The number of carboxylic acid groups (broad SMARTS) is 1. The summed E-state index contributed by atoms with van der Waals surface area (Å²) in [5.41, 5.74) is 0.518. The van der Waals surface area contributed by atoms with Crippen LogP contribution in [0.2, 0.25) is 0 Å². The molecule has 0 aromatic heterocycles. The topological polar surface area (TPSA) is 137 Å². The minimum atomic E-state index is -1.61. The Hall–Kier alpha value is -3.56. The van der Waals surface area contributed by atoms with E-state index in [1.807, 2.05) is 13.8 Å². The number of carbonyl (C=O) groups excluding carboxylic acids is 1. The van der Waals surface area contributed by atoms with Gasteiger partial charge in [0.1, 0.15) is 17.4 Å². The first-order chi connectivity index (χ1) is 13.6. The molecule has 0 spiro atoms. The minimum Gasteiger partial charge on any atom is -0.449 e. The van der Waals surface area contributed by atoms with Crippen LogP contribution < -0.4 is 5.32 Å². The van der Waals surface area contributed by atoms with E-state index >= 15 is 0 Å². The van der Waals surface area contributed by atoms with Crippen LogP contribution in [0.1, 0.15) is 39.2 Å². The summed E-state index contributed by atoms with van der Waals surface area (Å²) in [6.07, 6.45) is -2.61. The lowest BCUT2D eigenvalue weighted by Gasteiger charge is -2.29. The Bertz CT molecular complexity index is 888. The van der Waals surface area contributed by atoms with Gasteiger partial charge in [-0.2, -0.15) is 0 Å². The number of nitro benzene ring substituents is 1. The fourth-order valence-corrected chi connectivity index (χ4v) is 2.86. The number of carbonyl (C=O) groups is 2. The van der Waals surface area contributed by atoms with Crippen LogP contribution in [-0.4, -0.2) is 28.9 Å². The van der Waals surface area contributed by atoms with E-state index < -0.39 is 23.2 Å². The number of hydrogen-bond acceptors (Lipinski definition) is 8. The van der Waals surface area contributed by atoms with E-state index in [0.717, 1.165) is 0 Å². The highest BCUT2D eigenvalue weighted by Crippen LogP contribution is 2.42. The van der Waals surface area contributed by atoms with Gasteiger partial charge in [0, 0.05) is 11.6 Å². The van der Waals surface area contributed by atoms with E-state index in [1.165, 1.54) is 18.2 Å². The summed E-state index contributed by atoms with van der Waals surface area (Å²) in [7, 11) is 0. The van der Waals surface area contributed by atoms with Gasteiger partial charge in [-0.1, -0.05) is 32.0 Å². The van der Waals surface area contributed by atoms with Gasteiger partial charge in [-0.15, -0.1) is 0 Å². The van der Waals surface area contributed by atoms with E-state index in [2.05, 4.69) is 5.32 Å². The summed E-state index contributed by atoms with van der Waals surface area (Å²) in [5.74, 6) is -1.25. The summed E-state index contributed by atoms with van der Waals surface area (Å²) >= 11 is 0. The molecule has 0 saturated heterocycles. The summed E-state index contributed by atoms with van der Waals surface area (Å²) < 4.78 is 15.3. The van der Waals surface area contributed by atoms with Crippen molar-refractivity contribution in [3.05, 3.63) is 62.9 Å². The highest BCUT2D eigenvalue weighted by atomic mass is 16.7. The molecular weight excluding hydrogens is 384 g/mol. The van der Waals surface area contributed by atoms with Crippen LogP contribution in [0.15, 0.2) is 47.2 Å². The molecule has 1 heterocycles. The lowest BCUT2D eigenvalue weighted by molar-refractivity contribution is -0.385. The number of allylic oxidation sites excluding steroid dienone is 2. The molecule has 0 radical (unpaired) electrons. The zero-order valence-corrected chi connectivity index (χ0v) is 16.4. The zero-order valence-electron chi connectivity index (χ0n) is 16.4.